The number of likely N-dealkylation sites (N-methyl/N-ethyl adjacent to an activating group) is 1. The van der Waals surface area contributed by atoms with Crippen molar-refractivity contribution in [3.05, 3.63) is 97.2 Å². The fourth-order valence-corrected chi connectivity index (χ4v) is 5.97. The zero-order valence-corrected chi connectivity index (χ0v) is 38.2. The minimum Gasteiger partial charge on any atom is -0.462 e. The van der Waals surface area contributed by atoms with Crippen molar-refractivity contribution >= 4 is 19.8 Å². The number of ether oxygens (including phenoxy) is 2. The highest BCUT2D eigenvalue weighted by Crippen LogP contribution is 2.43. The van der Waals surface area contributed by atoms with E-state index in [9.17, 15) is 24.2 Å². The summed E-state index contributed by atoms with van der Waals surface area (Å²) in [6.45, 7) is 4.04. The second-order valence-electron chi connectivity index (χ2n) is 15.5. The first kappa shape index (κ1) is 55.9. The van der Waals surface area contributed by atoms with Crippen LogP contribution in [-0.2, 0) is 32.7 Å². The summed E-state index contributed by atoms with van der Waals surface area (Å²) in [4.78, 5) is 35.4. The number of hydrogen-bond acceptors (Lipinski definition) is 8. The van der Waals surface area contributed by atoms with Gasteiger partial charge in [-0.15, -0.1) is 0 Å². The van der Waals surface area contributed by atoms with E-state index < -0.39 is 32.5 Å². The van der Waals surface area contributed by atoms with Crippen LogP contribution in [0.25, 0.3) is 0 Å². The van der Waals surface area contributed by atoms with Crippen molar-refractivity contribution in [1.29, 1.82) is 0 Å². The Hall–Kier alpha value is -3.11. The highest BCUT2D eigenvalue weighted by atomic mass is 31.2. The van der Waals surface area contributed by atoms with Crippen LogP contribution in [0.1, 0.15) is 136 Å². The molecule has 0 saturated carbocycles. The van der Waals surface area contributed by atoms with Crippen LogP contribution in [0.4, 0.5) is 0 Å². The Kier molecular flexibility index (Phi) is 37.0. The number of unbranched alkanes of at least 4 members (excludes halogenated alkanes) is 7. The molecule has 2 N–H and O–H groups in total. The van der Waals surface area contributed by atoms with Gasteiger partial charge in [-0.1, -0.05) is 143 Å². The molecule has 336 valence electrons. The highest BCUT2D eigenvalue weighted by molar-refractivity contribution is 7.47. The van der Waals surface area contributed by atoms with Crippen LogP contribution < -0.4 is 0 Å². The largest absolute Gasteiger partial charge is 0.472 e. The predicted molar refractivity (Wildman–Crippen MR) is 244 cm³/mol. The molecular formula is C48H81NO9P+. The average Bonchev–Trinajstić information content (AvgIpc) is 3.18. The van der Waals surface area contributed by atoms with Crippen LogP contribution in [-0.4, -0.2) is 86.1 Å². The highest BCUT2D eigenvalue weighted by Gasteiger charge is 2.27. The van der Waals surface area contributed by atoms with Gasteiger partial charge in [-0.25, -0.2) is 4.57 Å². The topological polar surface area (TPSA) is 129 Å². The van der Waals surface area contributed by atoms with Crippen LogP contribution in [0, 0.1) is 0 Å². The first-order valence-corrected chi connectivity index (χ1v) is 23.6. The Morgan fingerprint density at radius 2 is 1.19 bits per heavy atom. The van der Waals surface area contributed by atoms with Crippen molar-refractivity contribution in [3.8, 4) is 0 Å². The van der Waals surface area contributed by atoms with Crippen LogP contribution in [0.5, 0.6) is 0 Å². The number of allylic oxidation sites excluding steroid dienone is 15. The molecule has 0 spiro atoms. The lowest BCUT2D eigenvalue weighted by Gasteiger charge is -2.24. The third kappa shape index (κ3) is 42.8. The Morgan fingerprint density at radius 3 is 1.80 bits per heavy atom. The van der Waals surface area contributed by atoms with Crippen molar-refractivity contribution in [3.63, 3.8) is 0 Å². The summed E-state index contributed by atoms with van der Waals surface area (Å²) in [7, 11) is 1.38. The number of rotatable bonds is 38. The van der Waals surface area contributed by atoms with Gasteiger partial charge in [0.05, 0.1) is 33.9 Å². The van der Waals surface area contributed by atoms with E-state index in [1.807, 2.05) is 57.6 Å². The van der Waals surface area contributed by atoms with E-state index in [0.29, 0.717) is 30.3 Å². The molecule has 0 amide bonds. The number of aliphatic hydroxyl groups excluding tert-OH is 1. The lowest BCUT2D eigenvalue weighted by atomic mass is 10.1. The number of phosphoric ester groups is 1. The number of esters is 2. The van der Waals surface area contributed by atoms with E-state index in [4.69, 9.17) is 18.5 Å². The maximum Gasteiger partial charge on any atom is 0.472 e. The molecule has 0 heterocycles. The quantitative estimate of drug-likeness (QED) is 0.0156. The minimum atomic E-state index is -4.41. The molecule has 0 radical (unpaired) electrons. The molecule has 0 aliphatic heterocycles. The third-order valence-corrected chi connectivity index (χ3v) is 9.69. The fraction of sp³-hybridized carbons (Fsp3) is 0.625. The average molecular weight is 847 g/mol. The van der Waals surface area contributed by atoms with Gasteiger partial charge >= 0.3 is 19.8 Å². The zero-order chi connectivity index (χ0) is 43.7. The van der Waals surface area contributed by atoms with Gasteiger partial charge in [-0.2, -0.15) is 0 Å². The molecule has 0 aliphatic rings. The van der Waals surface area contributed by atoms with Crippen LogP contribution in [0.2, 0.25) is 0 Å². The number of nitrogens with zero attached hydrogens (tertiary/aromatic N) is 1. The van der Waals surface area contributed by atoms with E-state index in [0.717, 1.165) is 89.9 Å². The second kappa shape index (κ2) is 39.1. The first-order chi connectivity index (χ1) is 28.4. The SMILES string of the molecule is CC/C=C\C/C=C\C/C=C\C/C=C\CCCCCCC(=O)OC[C@H](COP(=O)(O)OCC[N+](C)(C)C)OC(=O)CCC/C=C\C/C=C\C/C=C\C=C\[C@@H](O)CCCCC. The Labute approximate surface area is 358 Å². The van der Waals surface area contributed by atoms with Gasteiger partial charge in [0.25, 0.3) is 0 Å². The summed E-state index contributed by atoms with van der Waals surface area (Å²) in [5.74, 6) is -0.930. The fourth-order valence-electron chi connectivity index (χ4n) is 5.22. The van der Waals surface area contributed by atoms with Crippen LogP contribution in [0.3, 0.4) is 0 Å². The molecule has 0 rings (SSSR count). The Balaban J connectivity index is 4.56. The molecule has 0 bridgehead atoms. The summed E-state index contributed by atoms with van der Waals surface area (Å²) < 4.78 is 34.2. The second-order valence-corrected chi connectivity index (χ2v) is 17.0. The van der Waals surface area contributed by atoms with Gasteiger partial charge in [-0.3, -0.25) is 18.6 Å². The van der Waals surface area contributed by atoms with E-state index in [2.05, 4.69) is 74.6 Å². The predicted octanol–water partition coefficient (Wildman–Crippen LogP) is 11.5. The van der Waals surface area contributed by atoms with Gasteiger partial charge < -0.3 is 24.0 Å². The van der Waals surface area contributed by atoms with Gasteiger partial charge in [0.1, 0.15) is 19.8 Å². The molecular weight excluding hydrogens is 765 g/mol. The van der Waals surface area contributed by atoms with Gasteiger partial charge in [0.15, 0.2) is 6.10 Å². The van der Waals surface area contributed by atoms with E-state index in [1.54, 1.807) is 0 Å². The Bertz CT molecular complexity index is 1340. The van der Waals surface area contributed by atoms with E-state index >= 15 is 0 Å². The van der Waals surface area contributed by atoms with Crippen LogP contribution >= 0.6 is 7.82 Å². The van der Waals surface area contributed by atoms with E-state index in [-0.39, 0.29) is 32.2 Å². The molecule has 0 aromatic carbocycles. The summed E-state index contributed by atoms with van der Waals surface area (Å²) >= 11 is 0. The van der Waals surface area contributed by atoms with Gasteiger partial charge in [0, 0.05) is 12.8 Å². The lowest BCUT2D eigenvalue weighted by molar-refractivity contribution is -0.870. The summed E-state index contributed by atoms with van der Waals surface area (Å²) in [6, 6.07) is 0. The summed E-state index contributed by atoms with van der Waals surface area (Å²) in [6.07, 6.45) is 47.9. The maximum absolute atomic E-state index is 12.7. The molecule has 11 heteroatoms. The molecule has 0 aliphatic carbocycles. The van der Waals surface area contributed by atoms with Crippen molar-refractivity contribution < 1.29 is 47.2 Å². The zero-order valence-electron chi connectivity index (χ0n) is 37.3. The van der Waals surface area contributed by atoms with Crippen molar-refractivity contribution in [1.82, 2.24) is 0 Å². The molecule has 0 aromatic heterocycles. The molecule has 10 nitrogen and oxygen atoms in total. The summed E-state index contributed by atoms with van der Waals surface area (Å²) in [5.41, 5.74) is 0. The standard InChI is InChI=1S/C48H80NO9P/c1-6-8-10-11-12-13-14-15-16-17-18-19-22-25-28-31-35-39-47(51)55-43-46(44-57-59(53,54)56-42-41-49(3,4)5)58-48(52)40-36-32-29-26-23-20-21-24-27-30-34-38-45(50)37-33-9-7-2/h8,10,12-13,15-16,18-21,26-27,29-30,34,38,45-46,50H,6-7,9,11,14,17,22-25,28,31-33,35-37,39-44H2,1-5H3/p+1/b10-8-,13-12-,16-15-,19-18-,21-20-,29-26-,30-27-,38-34+/t45-,46+/m0/s1. The number of carbonyl (C=O) groups is 2. The third-order valence-electron chi connectivity index (χ3n) is 8.70. The Morgan fingerprint density at radius 1 is 0.627 bits per heavy atom. The maximum atomic E-state index is 12.7. The van der Waals surface area contributed by atoms with Crippen molar-refractivity contribution in [2.24, 2.45) is 0 Å². The number of hydrogen-bond donors (Lipinski definition) is 2. The van der Waals surface area contributed by atoms with Crippen molar-refractivity contribution in [2.75, 3.05) is 47.5 Å². The van der Waals surface area contributed by atoms with Crippen molar-refractivity contribution in [2.45, 2.75) is 148 Å². The minimum absolute atomic E-state index is 0.00317. The molecule has 1 unspecified atom stereocenters. The normalized spacial score (nSPS) is 15.0. The van der Waals surface area contributed by atoms with Gasteiger partial charge in [-0.05, 0) is 77.0 Å². The smallest absolute Gasteiger partial charge is 0.462 e. The monoisotopic (exact) mass is 847 g/mol. The van der Waals surface area contributed by atoms with Gasteiger partial charge in [0.2, 0.25) is 0 Å². The molecule has 59 heavy (non-hydrogen) atoms. The molecule has 3 atom stereocenters. The molecule has 0 fully saturated rings. The van der Waals surface area contributed by atoms with E-state index in [1.165, 1.54) is 0 Å². The lowest BCUT2D eigenvalue weighted by Crippen LogP contribution is -2.37. The van der Waals surface area contributed by atoms with Crippen LogP contribution in [0.15, 0.2) is 97.2 Å². The number of quaternary nitrogens is 1. The molecule has 0 aromatic rings. The number of aliphatic hydroxyl groups is 1. The summed E-state index contributed by atoms with van der Waals surface area (Å²) in [5, 5.41) is 9.91. The first-order valence-electron chi connectivity index (χ1n) is 22.1. The number of carbonyl (C=O) groups excluding carboxylic acids is 2. The number of phosphoric acid groups is 1. The molecule has 0 saturated heterocycles.